The zero-order chi connectivity index (χ0) is 16.8. The zero-order valence-corrected chi connectivity index (χ0v) is 14.4. The Morgan fingerprint density at radius 1 is 1.39 bits per heavy atom. The van der Waals surface area contributed by atoms with E-state index in [0.29, 0.717) is 18.1 Å². The number of carbonyl (C=O) groups is 2. The lowest BCUT2D eigenvalue weighted by Gasteiger charge is -2.29. The number of carboxylic acids is 1. The number of nitrogens with one attached hydrogen (secondary N) is 1. The van der Waals surface area contributed by atoms with E-state index in [2.05, 4.69) is 15.4 Å². The molecule has 0 saturated heterocycles. The smallest absolute Gasteiger partial charge is 0.325 e. The third-order valence-electron chi connectivity index (χ3n) is 4.24. The van der Waals surface area contributed by atoms with Crippen LogP contribution in [0.15, 0.2) is 0 Å². The summed E-state index contributed by atoms with van der Waals surface area (Å²) < 4.78 is 1.48. The molecule has 23 heavy (non-hydrogen) atoms. The van der Waals surface area contributed by atoms with Gasteiger partial charge < -0.3 is 10.4 Å². The van der Waals surface area contributed by atoms with Gasteiger partial charge in [0.25, 0.3) is 0 Å². The maximum atomic E-state index is 12.2. The zero-order valence-electron chi connectivity index (χ0n) is 13.6. The first kappa shape index (κ1) is 17.8. The van der Waals surface area contributed by atoms with Gasteiger partial charge in [0.1, 0.15) is 12.4 Å². The number of aromatic nitrogens is 3. The fourth-order valence-corrected chi connectivity index (χ4v) is 3.55. The summed E-state index contributed by atoms with van der Waals surface area (Å²) in [5, 5.41) is 16.2. The Hall–Kier alpha value is -1.57. The minimum Gasteiger partial charge on any atom is -0.480 e. The van der Waals surface area contributed by atoms with Crippen molar-refractivity contribution in [1.29, 1.82) is 0 Å². The lowest BCUT2D eigenvalue weighted by atomic mass is 9.78. The number of aryl methyl sites for hydroxylation is 1. The van der Waals surface area contributed by atoms with Crippen molar-refractivity contribution in [3.63, 3.8) is 0 Å². The number of nitrogens with zero attached hydrogens (tertiary/aromatic N) is 3. The lowest BCUT2D eigenvalue weighted by molar-refractivity contribution is -0.138. The monoisotopic (exact) mass is 340 g/mol. The number of aliphatic carboxylic acids is 1. The van der Waals surface area contributed by atoms with E-state index < -0.39 is 5.97 Å². The molecule has 1 saturated carbocycles. The van der Waals surface area contributed by atoms with E-state index in [1.54, 1.807) is 18.8 Å². The molecule has 7 nitrogen and oxygen atoms in total. The fraction of sp³-hybridized carbons (Fsp3) is 0.733. The Labute approximate surface area is 140 Å². The summed E-state index contributed by atoms with van der Waals surface area (Å²) in [7, 11) is 1.64. The van der Waals surface area contributed by atoms with Crippen molar-refractivity contribution in [2.75, 3.05) is 19.1 Å². The van der Waals surface area contributed by atoms with Gasteiger partial charge in [-0.25, -0.2) is 9.67 Å². The van der Waals surface area contributed by atoms with E-state index in [4.69, 9.17) is 5.11 Å². The molecule has 2 rings (SSSR count). The van der Waals surface area contributed by atoms with Crippen LogP contribution >= 0.6 is 11.8 Å². The van der Waals surface area contributed by atoms with E-state index in [0.717, 1.165) is 31.4 Å². The van der Waals surface area contributed by atoms with Gasteiger partial charge in [-0.3, -0.25) is 9.59 Å². The van der Waals surface area contributed by atoms with E-state index in [9.17, 15) is 9.59 Å². The van der Waals surface area contributed by atoms with Gasteiger partial charge in [0.05, 0.1) is 0 Å². The highest BCUT2D eigenvalue weighted by molar-refractivity contribution is 7.98. The Morgan fingerprint density at radius 2 is 2.13 bits per heavy atom. The summed E-state index contributed by atoms with van der Waals surface area (Å²) in [5.74, 6) is 1.05. The van der Waals surface area contributed by atoms with E-state index in [1.165, 1.54) is 4.68 Å². The third-order valence-corrected chi connectivity index (χ3v) is 4.85. The van der Waals surface area contributed by atoms with Crippen molar-refractivity contribution in [2.24, 2.45) is 5.92 Å². The summed E-state index contributed by atoms with van der Waals surface area (Å²) in [6.45, 7) is -0.210. The summed E-state index contributed by atoms with van der Waals surface area (Å²) in [4.78, 5) is 27.9. The number of hydrogen-bond acceptors (Lipinski definition) is 5. The summed E-state index contributed by atoms with van der Waals surface area (Å²) in [6, 6.07) is 0. The second-order valence-electron chi connectivity index (χ2n) is 5.79. The van der Waals surface area contributed by atoms with Crippen LogP contribution in [0, 0.1) is 5.92 Å². The van der Waals surface area contributed by atoms with Crippen LogP contribution < -0.4 is 5.32 Å². The molecule has 0 unspecified atom stereocenters. The van der Waals surface area contributed by atoms with Crippen LogP contribution in [0.3, 0.4) is 0 Å². The van der Waals surface area contributed by atoms with Gasteiger partial charge >= 0.3 is 5.97 Å². The van der Waals surface area contributed by atoms with Crippen molar-refractivity contribution in [3.8, 4) is 0 Å². The van der Waals surface area contributed by atoms with Crippen LogP contribution in [0.5, 0.6) is 0 Å². The first-order valence-electron chi connectivity index (χ1n) is 7.92. The average Bonchev–Trinajstić information content (AvgIpc) is 2.94. The molecule has 1 aliphatic rings. The minimum absolute atomic E-state index is 0.00485. The Kier molecular flexibility index (Phi) is 6.44. The summed E-state index contributed by atoms with van der Waals surface area (Å²) >= 11 is 1.70. The van der Waals surface area contributed by atoms with Crippen LogP contribution in [-0.4, -0.2) is 50.8 Å². The molecule has 128 valence electrons. The Balaban J connectivity index is 2.31. The topological polar surface area (TPSA) is 97.1 Å². The molecule has 1 aromatic rings. The number of amides is 1. The number of hydrogen-bond donors (Lipinski definition) is 2. The molecule has 1 aliphatic carbocycles. The second kappa shape index (κ2) is 8.33. The third kappa shape index (κ3) is 4.46. The van der Waals surface area contributed by atoms with Crippen molar-refractivity contribution in [2.45, 2.75) is 44.6 Å². The van der Waals surface area contributed by atoms with Crippen LogP contribution in [0.2, 0.25) is 0 Å². The molecule has 0 aliphatic heterocycles. The van der Waals surface area contributed by atoms with Gasteiger partial charge in [0.15, 0.2) is 5.82 Å². The van der Waals surface area contributed by atoms with Gasteiger partial charge in [0, 0.05) is 31.1 Å². The molecule has 2 atom stereocenters. The van der Waals surface area contributed by atoms with Crippen molar-refractivity contribution in [3.05, 3.63) is 11.6 Å². The predicted molar refractivity (Wildman–Crippen MR) is 88.5 cm³/mol. The number of carboxylic acid groups (broad SMARTS) is 1. The molecule has 1 fully saturated rings. The van der Waals surface area contributed by atoms with Crippen LogP contribution in [-0.2, 0) is 22.6 Å². The summed E-state index contributed by atoms with van der Waals surface area (Å²) in [6.07, 6.45) is 6.41. The minimum atomic E-state index is -0.945. The second-order valence-corrected chi connectivity index (χ2v) is 6.78. The molecule has 0 spiro atoms. The highest BCUT2D eigenvalue weighted by atomic mass is 32.2. The van der Waals surface area contributed by atoms with Gasteiger partial charge in [0.2, 0.25) is 5.91 Å². The SMILES string of the molecule is CNC(=O)[C@H]1CCCC[C@H]1c1nc(CCSC)nn1CC(=O)O. The van der Waals surface area contributed by atoms with Gasteiger partial charge in [-0.05, 0) is 19.1 Å². The molecule has 1 amide bonds. The highest BCUT2D eigenvalue weighted by Crippen LogP contribution is 2.37. The van der Waals surface area contributed by atoms with Crippen LogP contribution in [0.25, 0.3) is 0 Å². The number of thioether (sulfide) groups is 1. The standard InChI is InChI=1S/C15H24N4O3S/c1-16-15(22)11-6-4-3-5-10(11)14-17-12(7-8-23-2)18-19(14)9-13(20)21/h10-11H,3-9H2,1-2H3,(H,16,22)(H,20,21)/t10-,11+/m1/s1. The molecule has 0 radical (unpaired) electrons. The molecular weight excluding hydrogens is 316 g/mol. The first-order valence-corrected chi connectivity index (χ1v) is 9.32. The van der Waals surface area contributed by atoms with Crippen LogP contribution in [0.1, 0.15) is 43.3 Å². The maximum absolute atomic E-state index is 12.2. The predicted octanol–water partition coefficient (Wildman–Crippen LogP) is 1.29. The van der Waals surface area contributed by atoms with Gasteiger partial charge in [-0.15, -0.1) is 0 Å². The molecule has 1 aromatic heterocycles. The highest BCUT2D eigenvalue weighted by Gasteiger charge is 2.35. The quantitative estimate of drug-likeness (QED) is 0.776. The molecular formula is C15H24N4O3S. The van der Waals surface area contributed by atoms with E-state index >= 15 is 0 Å². The molecule has 2 N–H and O–H groups in total. The van der Waals surface area contributed by atoms with Crippen molar-refractivity contribution >= 4 is 23.6 Å². The number of rotatable bonds is 7. The number of carbonyl (C=O) groups excluding carboxylic acids is 1. The normalized spacial score (nSPS) is 21.1. The van der Waals surface area contributed by atoms with E-state index in [1.807, 2.05) is 6.26 Å². The average molecular weight is 340 g/mol. The molecule has 1 heterocycles. The first-order chi connectivity index (χ1) is 11.1. The summed E-state index contributed by atoms with van der Waals surface area (Å²) in [5.41, 5.74) is 0. The lowest BCUT2D eigenvalue weighted by Crippen LogP contribution is -2.35. The largest absolute Gasteiger partial charge is 0.480 e. The molecule has 8 heteroatoms. The maximum Gasteiger partial charge on any atom is 0.325 e. The molecule has 0 aromatic carbocycles. The van der Waals surface area contributed by atoms with Crippen LogP contribution in [0.4, 0.5) is 0 Å². The Bertz CT molecular complexity index is 561. The molecule has 0 bridgehead atoms. The van der Waals surface area contributed by atoms with Gasteiger partial charge in [-0.1, -0.05) is 12.8 Å². The Morgan fingerprint density at radius 3 is 2.78 bits per heavy atom. The van der Waals surface area contributed by atoms with Crippen molar-refractivity contribution < 1.29 is 14.7 Å². The van der Waals surface area contributed by atoms with Gasteiger partial charge in [-0.2, -0.15) is 16.9 Å². The fourth-order valence-electron chi connectivity index (χ4n) is 3.16. The van der Waals surface area contributed by atoms with Crippen molar-refractivity contribution in [1.82, 2.24) is 20.1 Å². The van der Waals surface area contributed by atoms with E-state index in [-0.39, 0.29) is 24.3 Å².